The normalized spacial score (nSPS) is 14.3. The summed E-state index contributed by atoms with van der Waals surface area (Å²) in [7, 11) is 1.75. The van der Waals surface area contributed by atoms with E-state index in [1.165, 1.54) is 17.5 Å². The number of anilines is 1. The van der Waals surface area contributed by atoms with Crippen molar-refractivity contribution >= 4 is 40.4 Å². The largest absolute Gasteiger partial charge is 0.387 e. The zero-order valence-corrected chi connectivity index (χ0v) is 13.9. The second kappa shape index (κ2) is 6.55. The second-order valence-corrected chi connectivity index (χ2v) is 6.51. The summed E-state index contributed by atoms with van der Waals surface area (Å²) in [6.45, 7) is 0.990. The Morgan fingerprint density at radius 1 is 1.39 bits per heavy atom. The molecule has 0 bridgehead atoms. The molecule has 0 radical (unpaired) electrons. The number of rotatable bonds is 4. The summed E-state index contributed by atoms with van der Waals surface area (Å²) in [5.41, 5.74) is 2.88. The summed E-state index contributed by atoms with van der Waals surface area (Å²) >= 11 is 7.23. The van der Waals surface area contributed by atoms with Crippen LogP contribution < -0.4 is 10.6 Å². The lowest BCUT2D eigenvalue weighted by molar-refractivity contribution is 0.0544. The summed E-state index contributed by atoms with van der Waals surface area (Å²) < 4.78 is 0. The number of benzene rings is 1. The van der Waals surface area contributed by atoms with Gasteiger partial charge in [0.1, 0.15) is 4.88 Å². The molecule has 1 aliphatic rings. The standard InChI is InChI=1S/C15H15ClN4O2S/c1-17-12-4-9(16)2-3-11(12)15(22)20-6-10(7-20)19-14(21)13-5-18-8-23-13/h2-5,8,10,17H,6-7H2,1H3,(H,19,21). The van der Waals surface area contributed by atoms with Crippen LogP contribution in [0.15, 0.2) is 29.9 Å². The molecule has 1 fully saturated rings. The Hall–Kier alpha value is -2.12. The Labute approximate surface area is 142 Å². The third-order valence-corrected chi connectivity index (χ3v) is 4.65. The lowest BCUT2D eigenvalue weighted by Crippen LogP contribution is -2.60. The highest BCUT2D eigenvalue weighted by Gasteiger charge is 2.33. The van der Waals surface area contributed by atoms with Crippen LogP contribution in [-0.2, 0) is 0 Å². The lowest BCUT2D eigenvalue weighted by Gasteiger charge is -2.39. The maximum Gasteiger partial charge on any atom is 0.263 e. The maximum absolute atomic E-state index is 12.5. The van der Waals surface area contributed by atoms with E-state index >= 15 is 0 Å². The molecule has 0 unspecified atom stereocenters. The van der Waals surface area contributed by atoms with Crippen molar-refractivity contribution in [2.45, 2.75) is 6.04 Å². The van der Waals surface area contributed by atoms with Crippen molar-refractivity contribution < 1.29 is 9.59 Å². The molecule has 0 aliphatic carbocycles. The number of likely N-dealkylation sites (tertiary alicyclic amines) is 1. The number of hydrogen-bond donors (Lipinski definition) is 2. The van der Waals surface area contributed by atoms with E-state index in [4.69, 9.17) is 11.6 Å². The van der Waals surface area contributed by atoms with E-state index in [-0.39, 0.29) is 17.9 Å². The van der Waals surface area contributed by atoms with Crippen LogP contribution in [0.2, 0.25) is 5.02 Å². The lowest BCUT2D eigenvalue weighted by atomic mass is 10.1. The molecule has 1 aromatic heterocycles. The van der Waals surface area contributed by atoms with Crippen molar-refractivity contribution in [1.29, 1.82) is 0 Å². The Balaban J connectivity index is 1.59. The quantitative estimate of drug-likeness (QED) is 0.885. The molecule has 3 rings (SSSR count). The molecule has 0 spiro atoms. The predicted molar refractivity (Wildman–Crippen MR) is 90.3 cm³/mol. The molecule has 8 heteroatoms. The third-order valence-electron chi connectivity index (χ3n) is 3.64. The van der Waals surface area contributed by atoms with E-state index in [2.05, 4.69) is 15.6 Å². The van der Waals surface area contributed by atoms with E-state index in [0.717, 1.165) is 0 Å². The topological polar surface area (TPSA) is 74.3 Å². The molecular formula is C15H15ClN4O2S. The first kappa shape index (κ1) is 15.8. The second-order valence-electron chi connectivity index (χ2n) is 5.19. The third kappa shape index (κ3) is 3.30. The Kier molecular flexibility index (Phi) is 4.49. The van der Waals surface area contributed by atoms with Gasteiger partial charge in [0.05, 0.1) is 23.3 Å². The summed E-state index contributed by atoms with van der Waals surface area (Å²) in [4.78, 5) is 30.6. The van der Waals surface area contributed by atoms with Crippen LogP contribution in [0, 0.1) is 0 Å². The van der Waals surface area contributed by atoms with Crippen molar-refractivity contribution in [3.05, 3.63) is 45.4 Å². The number of aromatic nitrogens is 1. The fraction of sp³-hybridized carbons (Fsp3) is 0.267. The van der Waals surface area contributed by atoms with Crippen LogP contribution in [-0.4, -0.2) is 47.9 Å². The van der Waals surface area contributed by atoms with Crippen molar-refractivity contribution in [3.8, 4) is 0 Å². The Morgan fingerprint density at radius 3 is 2.83 bits per heavy atom. The number of carbonyl (C=O) groups excluding carboxylic acids is 2. The minimum Gasteiger partial charge on any atom is -0.387 e. The van der Waals surface area contributed by atoms with Gasteiger partial charge in [0.15, 0.2) is 0 Å². The van der Waals surface area contributed by atoms with Crippen LogP contribution in [0.4, 0.5) is 5.69 Å². The zero-order chi connectivity index (χ0) is 16.4. The molecule has 0 saturated carbocycles. The van der Waals surface area contributed by atoms with E-state index in [9.17, 15) is 9.59 Å². The summed E-state index contributed by atoms with van der Waals surface area (Å²) in [6, 6.07) is 5.09. The minimum absolute atomic E-state index is 0.0288. The molecule has 2 aromatic rings. The molecule has 2 heterocycles. The fourth-order valence-corrected chi connectivity index (χ4v) is 3.10. The van der Waals surface area contributed by atoms with E-state index < -0.39 is 0 Å². The minimum atomic E-state index is -0.146. The van der Waals surface area contributed by atoms with Crippen molar-refractivity contribution in [3.63, 3.8) is 0 Å². The van der Waals surface area contributed by atoms with Gasteiger partial charge in [-0.25, -0.2) is 0 Å². The number of halogens is 1. The van der Waals surface area contributed by atoms with Gasteiger partial charge in [-0.1, -0.05) is 11.6 Å². The number of nitrogens with zero attached hydrogens (tertiary/aromatic N) is 2. The Morgan fingerprint density at radius 2 is 2.17 bits per heavy atom. The average Bonchev–Trinajstić information content (AvgIpc) is 3.04. The van der Waals surface area contributed by atoms with Gasteiger partial charge in [-0.05, 0) is 18.2 Å². The summed E-state index contributed by atoms with van der Waals surface area (Å²) in [5, 5.41) is 6.44. The van der Waals surface area contributed by atoms with Crippen LogP contribution in [0.1, 0.15) is 20.0 Å². The van der Waals surface area contributed by atoms with Gasteiger partial charge >= 0.3 is 0 Å². The first-order chi connectivity index (χ1) is 11.1. The first-order valence-corrected chi connectivity index (χ1v) is 8.30. The van der Waals surface area contributed by atoms with Gasteiger partial charge in [0.2, 0.25) is 0 Å². The highest BCUT2D eigenvalue weighted by molar-refractivity contribution is 7.11. The molecule has 23 heavy (non-hydrogen) atoms. The summed E-state index contributed by atoms with van der Waals surface area (Å²) in [6.07, 6.45) is 1.54. The van der Waals surface area contributed by atoms with Crippen molar-refractivity contribution in [2.24, 2.45) is 0 Å². The molecule has 1 aliphatic heterocycles. The Bertz CT molecular complexity index is 729. The van der Waals surface area contributed by atoms with Gasteiger partial charge in [-0.2, -0.15) is 0 Å². The maximum atomic E-state index is 12.5. The van der Waals surface area contributed by atoms with Gasteiger partial charge in [0, 0.05) is 30.8 Å². The van der Waals surface area contributed by atoms with E-state index in [1.807, 2.05) is 0 Å². The molecule has 1 saturated heterocycles. The van der Waals surface area contributed by atoms with Gasteiger partial charge in [-0.15, -0.1) is 11.3 Å². The number of hydrogen-bond acceptors (Lipinski definition) is 5. The van der Waals surface area contributed by atoms with Crippen LogP contribution in [0.3, 0.4) is 0 Å². The molecule has 0 atom stereocenters. The first-order valence-electron chi connectivity index (χ1n) is 7.04. The molecule has 2 N–H and O–H groups in total. The number of thiazole rings is 1. The van der Waals surface area contributed by atoms with Crippen LogP contribution in [0.25, 0.3) is 0 Å². The van der Waals surface area contributed by atoms with Crippen LogP contribution >= 0.6 is 22.9 Å². The number of nitrogens with one attached hydrogen (secondary N) is 2. The molecule has 2 amide bonds. The predicted octanol–water partition coefficient (Wildman–Crippen LogP) is 2.09. The van der Waals surface area contributed by atoms with Crippen molar-refractivity contribution in [2.75, 3.05) is 25.5 Å². The average molecular weight is 351 g/mol. The molecule has 6 nitrogen and oxygen atoms in total. The van der Waals surface area contributed by atoms with Gasteiger partial charge in [0.25, 0.3) is 11.8 Å². The molecular weight excluding hydrogens is 336 g/mol. The van der Waals surface area contributed by atoms with Crippen LogP contribution in [0.5, 0.6) is 0 Å². The van der Waals surface area contributed by atoms with Gasteiger partial charge in [-0.3, -0.25) is 14.6 Å². The highest BCUT2D eigenvalue weighted by atomic mass is 35.5. The highest BCUT2D eigenvalue weighted by Crippen LogP contribution is 2.24. The molecule has 1 aromatic carbocycles. The van der Waals surface area contributed by atoms with Gasteiger partial charge < -0.3 is 15.5 Å². The number of carbonyl (C=O) groups is 2. The smallest absolute Gasteiger partial charge is 0.263 e. The van der Waals surface area contributed by atoms with E-state index in [0.29, 0.717) is 34.2 Å². The number of amides is 2. The zero-order valence-electron chi connectivity index (χ0n) is 12.4. The summed E-state index contributed by atoms with van der Waals surface area (Å²) in [5.74, 6) is -0.221. The monoisotopic (exact) mass is 350 g/mol. The van der Waals surface area contributed by atoms with Crippen molar-refractivity contribution in [1.82, 2.24) is 15.2 Å². The fourth-order valence-electron chi connectivity index (χ4n) is 2.40. The SMILES string of the molecule is CNc1cc(Cl)ccc1C(=O)N1CC(NC(=O)c2cncs2)C1. The molecule has 120 valence electrons. The van der Waals surface area contributed by atoms with E-state index in [1.54, 1.807) is 35.7 Å².